The number of anilines is 2. The maximum atomic E-state index is 13.5. The zero-order valence-corrected chi connectivity index (χ0v) is 22.7. The molecule has 5 rings (SSSR count). The molecule has 1 aliphatic rings. The maximum absolute atomic E-state index is 13.5. The Kier molecular flexibility index (Phi) is 8.44. The first-order chi connectivity index (χ1) is 19.5. The fourth-order valence-electron chi connectivity index (χ4n) is 5.03. The molecule has 1 saturated carbocycles. The van der Waals surface area contributed by atoms with Crippen molar-refractivity contribution in [3.8, 4) is 34.3 Å². The summed E-state index contributed by atoms with van der Waals surface area (Å²) in [7, 11) is 3.08. The molecule has 1 heterocycles. The predicted molar refractivity (Wildman–Crippen MR) is 155 cm³/mol. The summed E-state index contributed by atoms with van der Waals surface area (Å²) < 4.78 is 16.9. The van der Waals surface area contributed by atoms with Gasteiger partial charge < -0.3 is 24.5 Å². The summed E-state index contributed by atoms with van der Waals surface area (Å²) in [5.41, 5.74) is 2.65. The number of aromatic nitrogens is 1. The van der Waals surface area contributed by atoms with Crippen molar-refractivity contribution in [2.45, 2.75) is 38.5 Å². The monoisotopic (exact) mass is 539 g/mol. The van der Waals surface area contributed by atoms with E-state index in [1.165, 1.54) is 32.8 Å². The molecule has 0 unspecified atom stereocenters. The largest absolute Gasteiger partial charge is 0.497 e. The molecule has 2 amide bonds. The van der Waals surface area contributed by atoms with Gasteiger partial charge in [-0.2, -0.15) is 0 Å². The molecule has 0 spiro atoms. The van der Waals surface area contributed by atoms with Crippen LogP contribution in [-0.2, 0) is 4.79 Å². The van der Waals surface area contributed by atoms with E-state index < -0.39 is 5.91 Å². The van der Waals surface area contributed by atoms with E-state index in [1.54, 1.807) is 37.4 Å². The number of carbonyl (C=O) groups excluding carboxylic acids is 2. The highest BCUT2D eigenvalue weighted by Crippen LogP contribution is 2.34. The molecule has 0 bridgehead atoms. The molecule has 0 saturated heterocycles. The van der Waals surface area contributed by atoms with Crippen molar-refractivity contribution >= 4 is 23.2 Å². The van der Waals surface area contributed by atoms with Crippen LogP contribution < -0.4 is 20.1 Å². The number of rotatable bonds is 10. The van der Waals surface area contributed by atoms with Crippen LogP contribution in [0.4, 0.5) is 11.4 Å². The Morgan fingerprint density at radius 2 is 1.65 bits per heavy atom. The maximum Gasteiger partial charge on any atom is 0.278 e. The molecule has 8 nitrogen and oxygen atoms in total. The SMILES string of the molecule is COc1ccc(OC)c(NC(=O)c2nc(-c3ccccc3)oc2-c2ccc(NC(=O)CCC3CCCC3)cc2)c1. The number of ether oxygens (including phenoxy) is 2. The van der Waals surface area contributed by atoms with E-state index >= 15 is 0 Å². The molecule has 3 aromatic carbocycles. The Morgan fingerprint density at radius 1 is 0.900 bits per heavy atom. The van der Waals surface area contributed by atoms with E-state index in [0.717, 1.165) is 12.0 Å². The fourth-order valence-corrected chi connectivity index (χ4v) is 5.03. The Hall–Kier alpha value is -4.59. The summed E-state index contributed by atoms with van der Waals surface area (Å²) in [5, 5.41) is 5.86. The Morgan fingerprint density at radius 3 is 2.35 bits per heavy atom. The number of benzene rings is 3. The first-order valence-electron chi connectivity index (χ1n) is 13.5. The smallest absolute Gasteiger partial charge is 0.278 e. The quantitative estimate of drug-likeness (QED) is 0.221. The van der Waals surface area contributed by atoms with Gasteiger partial charge in [-0.05, 0) is 60.9 Å². The summed E-state index contributed by atoms with van der Waals surface area (Å²) in [4.78, 5) is 30.6. The van der Waals surface area contributed by atoms with Gasteiger partial charge in [-0.3, -0.25) is 9.59 Å². The van der Waals surface area contributed by atoms with E-state index in [2.05, 4.69) is 15.6 Å². The molecule has 206 valence electrons. The van der Waals surface area contributed by atoms with Gasteiger partial charge in [0.15, 0.2) is 11.5 Å². The van der Waals surface area contributed by atoms with Crippen molar-refractivity contribution < 1.29 is 23.5 Å². The molecule has 0 radical (unpaired) electrons. The van der Waals surface area contributed by atoms with Crippen LogP contribution in [0.2, 0.25) is 0 Å². The van der Waals surface area contributed by atoms with Gasteiger partial charge in [-0.1, -0.05) is 43.9 Å². The van der Waals surface area contributed by atoms with Gasteiger partial charge in [0.25, 0.3) is 5.91 Å². The van der Waals surface area contributed by atoms with E-state index in [9.17, 15) is 9.59 Å². The third kappa shape index (κ3) is 6.34. The number of nitrogens with one attached hydrogen (secondary N) is 2. The van der Waals surface area contributed by atoms with Crippen LogP contribution in [0, 0.1) is 5.92 Å². The summed E-state index contributed by atoms with van der Waals surface area (Å²) in [6, 6.07) is 21.8. The second-order valence-corrected chi connectivity index (χ2v) is 9.90. The lowest BCUT2D eigenvalue weighted by Crippen LogP contribution is -2.14. The summed E-state index contributed by atoms with van der Waals surface area (Å²) in [5.74, 6) is 1.91. The predicted octanol–water partition coefficient (Wildman–Crippen LogP) is 7.19. The normalized spacial score (nSPS) is 13.2. The number of carbonyl (C=O) groups is 2. The van der Waals surface area contributed by atoms with Crippen molar-refractivity contribution in [1.82, 2.24) is 4.98 Å². The van der Waals surface area contributed by atoms with Crippen LogP contribution >= 0.6 is 0 Å². The van der Waals surface area contributed by atoms with Gasteiger partial charge in [0.05, 0.1) is 19.9 Å². The standard InChI is InChI=1S/C32H33N3O5/c1-38-25-17-18-27(39-2)26(20-25)34-31(37)29-30(40-32(35-29)23-10-4-3-5-11-23)22-13-15-24(16-14-22)33-28(36)19-12-21-8-6-7-9-21/h3-5,10-11,13-18,20-21H,6-9,12,19H2,1-2H3,(H,33,36)(H,34,37). The second kappa shape index (κ2) is 12.5. The van der Waals surface area contributed by atoms with Crippen LogP contribution in [0.25, 0.3) is 22.8 Å². The lowest BCUT2D eigenvalue weighted by molar-refractivity contribution is -0.116. The minimum Gasteiger partial charge on any atom is -0.497 e. The van der Waals surface area contributed by atoms with Crippen molar-refractivity contribution in [2.24, 2.45) is 5.92 Å². The highest BCUT2D eigenvalue weighted by atomic mass is 16.5. The fraction of sp³-hybridized carbons (Fsp3) is 0.281. The molecule has 1 aliphatic carbocycles. The Balaban J connectivity index is 1.39. The summed E-state index contributed by atoms with van der Waals surface area (Å²) >= 11 is 0. The van der Waals surface area contributed by atoms with Crippen LogP contribution in [0.15, 0.2) is 77.2 Å². The van der Waals surface area contributed by atoms with Gasteiger partial charge in [0.2, 0.25) is 11.8 Å². The van der Waals surface area contributed by atoms with E-state index in [0.29, 0.717) is 52.4 Å². The molecule has 4 aromatic rings. The molecular formula is C32H33N3O5. The average Bonchev–Trinajstić information content (AvgIpc) is 3.68. The zero-order valence-electron chi connectivity index (χ0n) is 22.7. The second-order valence-electron chi connectivity index (χ2n) is 9.90. The van der Waals surface area contributed by atoms with Gasteiger partial charge >= 0.3 is 0 Å². The minimum absolute atomic E-state index is 0.0120. The van der Waals surface area contributed by atoms with Crippen LogP contribution in [0.3, 0.4) is 0 Å². The Labute approximate surface area is 233 Å². The van der Waals surface area contributed by atoms with Crippen molar-refractivity contribution in [3.63, 3.8) is 0 Å². The highest BCUT2D eigenvalue weighted by Gasteiger charge is 2.24. The number of amides is 2. The van der Waals surface area contributed by atoms with E-state index in [-0.39, 0.29) is 11.6 Å². The molecular weight excluding hydrogens is 506 g/mol. The molecule has 40 heavy (non-hydrogen) atoms. The topological polar surface area (TPSA) is 103 Å². The average molecular weight is 540 g/mol. The molecule has 0 atom stereocenters. The van der Waals surface area contributed by atoms with Crippen LogP contribution in [0.5, 0.6) is 11.5 Å². The van der Waals surface area contributed by atoms with E-state index in [4.69, 9.17) is 13.9 Å². The van der Waals surface area contributed by atoms with Gasteiger partial charge in [0, 0.05) is 29.3 Å². The highest BCUT2D eigenvalue weighted by molar-refractivity contribution is 6.07. The number of oxazole rings is 1. The molecule has 8 heteroatoms. The van der Waals surface area contributed by atoms with Gasteiger partial charge in [0.1, 0.15) is 11.5 Å². The minimum atomic E-state index is -0.461. The zero-order chi connectivity index (χ0) is 27.9. The van der Waals surface area contributed by atoms with Gasteiger partial charge in [-0.25, -0.2) is 4.98 Å². The molecule has 2 N–H and O–H groups in total. The van der Waals surface area contributed by atoms with Crippen LogP contribution in [-0.4, -0.2) is 31.0 Å². The van der Waals surface area contributed by atoms with Crippen LogP contribution in [0.1, 0.15) is 49.0 Å². The van der Waals surface area contributed by atoms with Gasteiger partial charge in [-0.15, -0.1) is 0 Å². The summed E-state index contributed by atoms with van der Waals surface area (Å²) in [6.07, 6.45) is 6.45. The van der Waals surface area contributed by atoms with Crippen molar-refractivity contribution in [2.75, 3.05) is 24.9 Å². The number of methoxy groups -OCH3 is 2. The molecule has 1 aromatic heterocycles. The summed E-state index contributed by atoms with van der Waals surface area (Å²) in [6.45, 7) is 0. The number of hydrogen-bond donors (Lipinski definition) is 2. The lowest BCUT2D eigenvalue weighted by Gasteiger charge is -2.11. The number of hydrogen-bond acceptors (Lipinski definition) is 6. The van der Waals surface area contributed by atoms with E-state index in [1.807, 2.05) is 42.5 Å². The Bertz CT molecular complexity index is 1460. The molecule has 1 fully saturated rings. The third-order valence-electron chi connectivity index (χ3n) is 7.20. The van der Waals surface area contributed by atoms with Crippen molar-refractivity contribution in [1.29, 1.82) is 0 Å². The number of nitrogens with zero attached hydrogens (tertiary/aromatic N) is 1. The van der Waals surface area contributed by atoms with Crippen molar-refractivity contribution in [3.05, 3.63) is 78.5 Å². The first-order valence-corrected chi connectivity index (χ1v) is 13.5. The third-order valence-corrected chi connectivity index (χ3v) is 7.20. The molecule has 0 aliphatic heterocycles. The lowest BCUT2D eigenvalue weighted by atomic mass is 10.0. The first kappa shape index (κ1) is 27.0.